The van der Waals surface area contributed by atoms with Crippen molar-refractivity contribution < 1.29 is 9.18 Å². The summed E-state index contributed by atoms with van der Waals surface area (Å²) in [6.45, 7) is 3.92. The standard InChI is InChI=1S/C15H20BrFN2O/c16-12-5-6-13(14(17)11-12)15(20)18-7-4-10-19-8-2-1-3-9-19/h5-6,11H,1-4,7-10H2,(H,18,20). The predicted octanol–water partition coefficient (Wildman–Crippen LogP) is 3.19. The molecule has 0 unspecified atom stereocenters. The topological polar surface area (TPSA) is 32.3 Å². The molecule has 1 N–H and O–H groups in total. The lowest BCUT2D eigenvalue weighted by Crippen LogP contribution is -2.33. The molecule has 1 aliphatic heterocycles. The van der Waals surface area contributed by atoms with E-state index in [1.807, 2.05) is 0 Å². The van der Waals surface area contributed by atoms with E-state index in [2.05, 4.69) is 26.1 Å². The van der Waals surface area contributed by atoms with Gasteiger partial charge in [-0.1, -0.05) is 22.4 Å². The molecule has 1 heterocycles. The van der Waals surface area contributed by atoms with Gasteiger partial charge in [0.2, 0.25) is 0 Å². The molecule has 0 aliphatic carbocycles. The number of amides is 1. The van der Waals surface area contributed by atoms with E-state index in [0.717, 1.165) is 26.1 Å². The van der Waals surface area contributed by atoms with E-state index in [9.17, 15) is 9.18 Å². The Hall–Kier alpha value is -0.940. The van der Waals surface area contributed by atoms with Crippen LogP contribution in [0.5, 0.6) is 0 Å². The van der Waals surface area contributed by atoms with Gasteiger partial charge in [0.15, 0.2) is 0 Å². The van der Waals surface area contributed by atoms with Gasteiger partial charge in [-0.15, -0.1) is 0 Å². The van der Waals surface area contributed by atoms with Crippen LogP contribution in [0.4, 0.5) is 4.39 Å². The number of carbonyl (C=O) groups excluding carboxylic acids is 1. The fourth-order valence-corrected chi connectivity index (χ4v) is 2.79. The molecule has 2 rings (SSSR count). The SMILES string of the molecule is O=C(NCCCN1CCCCC1)c1ccc(Br)cc1F. The highest BCUT2D eigenvalue weighted by Crippen LogP contribution is 2.15. The van der Waals surface area contributed by atoms with Crippen LogP contribution in [0.25, 0.3) is 0 Å². The molecular formula is C15H20BrFN2O. The third-order valence-electron chi connectivity index (χ3n) is 3.56. The monoisotopic (exact) mass is 342 g/mol. The summed E-state index contributed by atoms with van der Waals surface area (Å²) in [4.78, 5) is 14.3. The van der Waals surface area contributed by atoms with Crippen LogP contribution < -0.4 is 5.32 Å². The van der Waals surface area contributed by atoms with Crippen molar-refractivity contribution in [3.63, 3.8) is 0 Å². The Morgan fingerprint density at radius 1 is 1.30 bits per heavy atom. The first kappa shape index (κ1) is 15.4. The van der Waals surface area contributed by atoms with Crippen LogP contribution in [0.3, 0.4) is 0 Å². The lowest BCUT2D eigenvalue weighted by molar-refractivity contribution is 0.0947. The quantitative estimate of drug-likeness (QED) is 0.833. The normalized spacial score (nSPS) is 16.1. The molecule has 1 aliphatic rings. The van der Waals surface area contributed by atoms with Crippen molar-refractivity contribution in [1.82, 2.24) is 10.2 Å². The molecule has 0 bridgehead atoms. The van der Waals surface area contributed by atoms with Gasteiger partial charge in [-0.2, -0.15) is 0 Å². The average Bonchev–Trinajstić information content (AvgIpc) is 2.44. The Labute approximate surface area is 127 Å². The van der Waals surface area contributed by atoms with E-state index in [0.29, 0.717) is 11.0 Å². The Morgan fingerprint density at radius 3 is 2.75 bits per heavy atom. The zero-order valence-electron chi connectivity index (χ0n) is 11.5. The first-order valence-electron chi connectivity index (χ1n) is 7.12. The second-order valence-electron chi connectivity index (χ2n) is 5.14. The van der Waals surface area contributed by atoms with E-state index < -0.39 is 5.82 Å². The summed E-state index contributed by atoms with van der Waals surface area (Å²) in [6.07, 6.45) is 4.78. The molecule has 3 nitrogen and oxygen atoms in total. The zero-order valence-corrected chi connectivity index (χ0v) is 13.1. The van der Waals surface area contributed by atoms with Crippen LogP contribution in [0, 0.1) is 5.82 Å². The zero-order chi connectivity index (χ0) is 14.4. The smallest absolute Gasteiger partial charge is 0.254 e. The highest BCUT2D eigenvalue weighted by Gasteiger charge is 2.12. The van der Waals surface area contributed by atoms with E-state index in [4.69, 9.17) is 0 Å². The van der Waals surface area contributed by atoms with Crippen molar-refractivity contribution in [1.29, 1.82) is 0 Å². The number of likely N-dealkylation sites (tertiary alicyclic amines) is 1. The van der Waals surface area contributed by atoms with Gasteiger partial charge in [-0.05, 0) is 57.1 Å². The number of carbonyl (C=O) groups is 1. The molecule has 20 heavy (non-hydrogen) atoms. The Balaban J connectivity index is 1.72. The molecule has 5 heteroatoms. The van der Waals surface area contributed by atoms with Crippen LogP contribution in [0.1, 0.15) is 36.0 Å². The summed E-state index contributed by atoms with van der Waals surface area (Å²) in [5, 5.41) is 2.78. The minimum atomic E-state index is -0.493. The molecule has 0 atom stereocenters. The second kappa shape index (κ2) is 7.74. The fourth-order valence-electron chi connectivity index (χ4n) is 2.46. The van der Waals surface area contributed by atoms with E-state index in [1.54, 1.807) is 6.07 Å². The maximum Gasteiger partial charge on any atom is 0.254 e. The molecule has 0 aromatic heterocycles. The highest BCUT2D eigenvalue weighted by atomic mass is 79.9. The third kappa shape index (κ3) is 4.56. The number of nitrogens with one attached hydrogen (secondary N) is 1. The van der Waals surface area contributed by atoms with Crippen LogP contribution in [0.2, 0.25) is 0 Å². The van der Waals surface area contributed by atoms with Crippen LogP contribution in [0.15, 0.2) is 22.7 Å². The maximum absolute atomic E-state index is 13.6. The number of nitrogens with zero attached hydrogens (tertiary/aromatic N) is 1. The first-order chi connectivity index (χ1) is 9.66. The second-order valence-corrected chi connectivity index (χ2v) is 6.05. The summed E-state index contributed by atoms with van der Waals surface area (Å²) in [5.74, 6) is -0.832. The van der Waals surface area contributed by atoms with Crippen molar-refractivity contribution in [3.05, 3.63) is 34.1 Å². The summed E-state index contributed by atoms with van der Waals surface area (Å²) in [6, 6.07) is 4.48. The van der Waals surface area contributed by atoms with Gasteiger partial charge in [0, 0.05) is 11.0 Å². The molecule has 1 aromatic carbocycles. The van der Waals surface area contributed by atoms with Crippen LogP contribution >= 0.6 is 15.9 Å². The van der Waals surface area contributed by atoms with Crippen LogP contribution in [-0.4, -0.2) is 37.0 Å². The molecule has 1 aromatic rings. The van der Waals surface area contributed by atoms with Crippen LogP contribution in [-0.2, 0) is 0 Å². The molecule has 110 valence electrons. The highest BCUT2D eigenvalue weighted by molar-refractivity contribution is 9.10. The number of benzene rings is 1. The molecule has 1 amide bonds. The minimum absolute atomic E-state index is 0.103. The van der Waals surface area contributed by atoms with Gasteiger partial charge < -0.3 is 10.2 Å². The summed E-state index contributed by atoms with van der Waals surface area (Å²) in [5.41, 5.74) is 0.103. The summed E-state index contributed by atoms with van der Waals surface area (Å²) in [7, 11) is 0. The molecule has 1 fully saturated rings. The Kier molecular flexibility index (Phi) is 5.98. The number of hydrogen-bond acceptors (Lipinski definition) is 2. The number of piperidine rings is 1. The number of halogens is 2. The van der Waals surface area contributed by atoms with E-state index in [-0.39, 0.29) is 11.5 Å². The summed E-state index contributed by atoms with van der Waals surface area (Å²) < 4.78 is 14.2. The van der Waals surface area contributed by atoms with Crippen molar-refractivity contribution >= 4 is 21.8 Å². The van der Waals surface area contributed by atoms with E-state index >= 15 is 0 Å². The lowest BCUT2D eigenvalue weighted by atomic mass is 10.1. The largest absolute Gasteiger partial charge is 0.352 e. The van der Waals surface area contributed by atoms with Gasteiger partial charge in [0.1, 0.15) is 5.82 Å². The van der Waals surface area contributed by atoms with Crippen molar-refractivity contribution in [2.45, 2.75) is 25.7 Å². The van der Waals surface area contributed by atoms with Gasteiger partial charge in [-0.3, -0.25) is 4.79 Å². The minimum Gasteiger partial charge on any atom is -0.352 e. The lowest BCUT2D eigenvalue weighted by Gasteiger charge is -2.26. The molecule has 0 spiro atoms. The predicted molar refractivity (Wildman–Crippen MR) is 81.3 cm³/mol. The maximum atomic E-state index is 13.6. The summed E-state index contributed by atoms with van der Waals surface area (Å²) >= 11 is 3.18. The average molecular weight is 343 g/mol. The molecule has 0 radical (unpaired) electrons. The van der Waals surface area contributed by atoms with Crippen molar-refractivity contribution in [3.8, 4) is 0 Å². The van der Waals surface area contributed by atoms with Gasteiger partial charge in [0.05, 0.1) is 5.56 Å². The van der Waals surface area contributed by atoms with Crippen molar-refractivity contribution in [2.75, 3.05) is 26.2 Å². The number of hydrogen-bond donors (Lipinski definition) is 1. The van der Waals surface area contributed by atoms with Gasteiger partial charge in [-0.25, -0.2) is 4.39 Å². The van der Waals surface area contributed by atoms with Gasteiger partial charge in [0.25, 0.3) is 5.91 Å². The Bertz CT molecular complexity index is 461. The molecule has 1 saturated heterocycles. The van der Waals surface area contributed by atoms with Crippen molar-refractivity contribution in [2.24, 2.45) is 0 Å². The van der Waals surface area contributed by atoms with Gasteiger partial charge >= 0.3 is 0 Å². The fraction of sp³-hybridized carbons (Fsp3) is 0.533. The third-order valence-corrected chi connectivity index (χ3v) is 4.05. The molecule has 0 saturated carbocycles. The molecular weight excluding hydrogens is 323 g/mol. The number of rotatable bonds is 5. The van der Waals surface area contributed by atoms with E-state index in [1.165, 1.54) is 31.4 Å². The first-order valence-corrected chi connectivity index (χ1v) is 7.92. The Morgan fingerprint density at radius 2 is 2.05 bits per heavy atom.